The molecule has 3 heteroatoms. The number of hydrogen-bond acceptors (Lipinski definition) is 1. The van der Waals surface area contributed by atoms with E-state index < -0.39 is 0 Å². The number of rotatable bonds is 6. The van der Waals surface area contributed by atoms with Crippen molar-refractivity contribution in [1.29, 1.82) is 0 Å². The van der Waals surface area contributed by atoms with E-state index in [1.807, 2.05) is 18.2 Å². The minimum atomic E-state index is 0.252. The molecule has 88 valence electrons. The van der Waals surface area contributed by atoms with Crippen LogP contribution in [0.1, 0.15) is 31.4 Å². The molecule has 0 saturated carbocycles. The molecule has 1 aromatic rings. The Morgan fingerprint density at radius 1 is 1.56 bits per heavy atom. The van der Waals surface area contributed by atoms with E-state index in [2.05, 4.69) is 40.8 Å². The molecular weight excluding hydrogens is 286 g/mol. The van der Waals surface area contributed by atoms with Crippen molar-refractivity contribution in [2.45, 2.75) is 25.8 Å². The van der Waals surface area contributed by atoms with Crippen LogP contribution in [0.4, 0.5) is 0 Å². The van der Waals surface area contributed by atoms with Gasteiger partial charge in [0.2, 0.25) is 0 Å². The first kappa shape index (κ1) is 13.8. The van der Waals surface area contributed by atoms with Crippen LogP contribution >= 0.6 is 27.5 Å². The highest BCUT2D eigenvalue weighted by molar-refractivity contribution is 9.10. The second-order valence-corrected chi connectivity index (χ2v) is 5.02. The van der Waals surface area contributed by atoms with Crippen molar-refractivity contribution in [3.05, 3.63) is 45.9 Å². The smallest absolute Gasteiger partial charge is 0.0454 e. The summed E-state index contributed by atoms with van der Waals surface area (Å²) in [5.41, 5.74) is 1.13. The molecular formula is C13H17BrClN. The van der Waals surface area contributed by atoms with Gasteiger partial charge >= 0.3 is 0 Å². The first-order valence-electron chi connectivity index (χ1n) is 5.48. The van der Waals surface area contributed by atoms with Crippen LogP contribution in [0.2, 0.25) is 5.02 Å². The molecule has 0 saturated heterocycles. The maximum Gasteiger partial charge on any atom is 0.0454 e. The normalized spacial score (nSPS) is 12.4. The minimum Gasteiger partial charge on any atom is -0.310 e. The van der Waals surface area contributed by atoms with Gasteiger partial charge in [0.1, 0.15) is 0 Å². The molecule has 0 heterocycles. The Kier molecular flexibility index (Phi) is 6.10. The number of nitrogens with one attached hydrogen (secondary N) is 1. The van der Waals surface area contributed by atoms with Gasteiger partial charge in [-0.25, -0.2) is 0 Å². The fourth-order valence-corrected chi connectivity index (χ4v) is 2.22. The molecule has 1 nitrogen and oxygen atoms in total. The molecule has 0 aliphatic rings. The zero-order valence-corrected chi connectivity index (χ0v) is 11.8. The third kappa shape index (κ3) is 3.93. The monoisotopic (exact) mass is 301 g/mol. The van der Waals surface area contributed by atoms with Crippen molar-refractivity contribution >= 4 is 27.5 Å². The van der Waals surface area contributed by atoms with Gasteiger partial charge in [0, 0.05) is 15.5 Å². The molecule has 0 aliphatic carbocycles. The first-order chi connectivity index (χ1) is 7.69. The summed E-state index contributed by atoms with van der Waals surface area (Å²) in [6.07, 6.45) is 3.92. The molecule has 0 amide bonds. The predicted octanol–water partition coefficient (Wildman–Crippen LogP) is 4.72. The maximum atomic E-state index is 6.21. The highest BCUT2D eigenvalue weighted by Gasteiger charge is 2.12. The van der Waals surface area contributed by atoms with E-state index in [0.29, 0.717) is 0 Å². The van der Waals surface area contributed by atoms with Crippen LogP contribution in [-0.2, 0) is 0 Å². The summed E-state index contributed by atoms with van der Waals surface area (Å²) in [6, 6.07) is 6.20. The zero-order valence-electron chi connectivity index (χ0n) is 9.47. The topological polar surface area (TPSA) is 12.0 Å². The Bertz CT molecular complexity index is 352. The summed E-state index contributed by atoms with van der Waals surface area (Å²) >= 11 is 9.68. The molecule has 1 unspecified atom stereocenters. The lowest BCUT2D eigenvalue weighted by molar-refractivity contribution is 0.537. The second kappa shape index (κ2) is 7.10. The van der Waals surface area contributed by atoms with E-state index in [9.17, 15) is 0 Å². The van der Waals surface area contributed by atoms with Crippen molar-refractivity contribution in [3.63, 3.8) is 0 Å². The SMILES string of the molecule is C=CCC(NCCC)c1cc(Br)ccc1Cl. The second-order valence-electron chi connectivity index (χ2n) is 3.70. The van der Waals surface area contributed by atoms with Gasteiger partial charge < -0.3 is 5.32 Å². The van der Waals surface area contributed by atoms with E-state index in [0.717, 1.165) is 34.4 Å². The largest absolute Gasteiger partial charge is 0.310 e. The van der Waals surface area contributed by atoms with E-state index >= 15 is 0 Å². The summed E-state index contributed by atoms with van der Waals surface area (Å²) < 4.78 is 1.05. The van der Waals surface area contributed by atoms with Crippen LogP contribution in [-0.4, -0.2) is 6.54 Å². The van der Waals surface area contributed by atoms with Crippen LogP contribution in [0, 0.1) is 0 Å². The molecule has 1 aromatic carbocycles. The van der Waals surface area contributed by atoms with Gasteiger partial charge in [-0.2, -0.15) is 0 Å². The van der Waals surface area contributed by atoms with E-state index in [4.69, 9.17) is 11.6 Å². The number of hydrogen-bond donors (Lipinski definition) is 1. The number of halogens is 2. The van der Waals surface area contributed by atoms with Crippen LogP contribution in [0.5, 0.6) is 0 Å². The van der Waals surface area contributed by atoms with Crippen LogP contribution in [0.3, 0.4) is 0 Å². The van der Waals surface area contributed by atoms with Crippen molar-refractivity contribution in [2.24, 2.45) is 0 Å². The highest BCUT2D eigenvalue weighted by Crippen LogP contribution is 2.28. The van der Waals surface area contributed by atoms with Gasteiger partial charge in [-0.05, 0) is 43.1 Å². The first-order valence-corrected chi connectivity index (χ1v) is 6.65. The Morgan fingerprint density at radius 2 is 2.31 bits per heavy atom. The third-order valence-corrected chi connectivity index (χ3v) is 3.21. The predicted molar refractivity (Wildman–Crippen MR) is 75.0 cm³/mol. The van der Waals surface area contributed by atoms with Gasteiger partial charge in [-0.1, -0.05) is 40.5 Å². The van der Waals surface area contributed by atoms with Crippen molar-refractivity contribution in [3.8, 4) is 0 Å². The third-order valence-electron chi connectivity index (χ3n) is 2.38. The molecule has 0 spiro atoms. The lowest BCUT2D eigenvalue weighted by atomic mass is 10.0. The van der Waals surface area contributed by atoms with Gasteiger partial charge in [0.25, 0.3) is 0 Å². The Balaban J connectivity index is 2.90. The maximum absolute atomic E-state index is 6.21. The lowest BCUT2D eigenvalue weighted by Gasteiger charge is -2.19. The molecule has 0 radical (unpaired) electrons. The van der Waals surface area contributed by atoms with Gasteiger partial charge in [-0.3, -0.25) is 0 Å². The highest BCUT2D eigenvalue weighted by atomic mass is 79.9. The Morgan fingerprint density at radius 3 is 2.94 bits per heavy atom. The Labute approximate surface area is 111 Å². The molecule has 1 atom stereocenters. The lowest BCUT2D eigenvalue weighted by Crippen LogP contribution is -2.21. The van der Waals surface area contributed by atoms with E-state index in [1.54, 1.807) is 0 Å². The van der Waals surface area contributed by atoms with Crippen LogP contribution in [0.25, 0.3) is 0 Å². The van der Waals surface area contributed by atoms with Crippen molar-refractivity contribution in [1.82, 2.24) is 5.32 Å². The van der Waals surface area contributed by atoms with Gasteiger partial charge in [0.05, 0.1) is 0 Å². The average molecular weight is 303 g/mol. The minimum absolute atomic E-state index is 0.252. The fourth-order valence-electron chi connectivity index (χ4n) is 1.59. The van der Waals surface area contributed by atoms with Crippen molar-refractivity contribution in [2.75, 3.05) is 6.54 Å². The van der Waals surface area contributed by atoms with Gasteiger partial charge in [-0.15, -0.1) is 6.58 Å². The van der Waals surface area contributed by atoms with Crippen LogP contribution < -0.4 is 5.32 Å². The van der Waals surface area contributed by atoms with E-state index in [1.165, 1.54) is 0 Å². The molecule has 0 fully saturated rings. The zero-order chi connectivity index (χ0) is 12.0. The summed E-state index contributed by atoms with van der Waals surface area (Å²) in [6.45, 7) is 6.93. The standard InChI is InChI=1S/C13H17BrClN/c1-3-5-13(16-8-4-2)11-9-10(14)6-7-12(11)15/h3,6-7,9,13,16H,1,4-5,8H2,2H3. The molecule has 1 rings (SSSR count). The summed E-state index contributed by atoms with van der Waals surface area (Å²) in [4.78, 5) is 0. The quantitative estimate of drug-likeness (QED) is 0.750. The molecule has 0 aromatic heterocycles. The van der Waals surface area contributed by atoms with Crippen molar-refractivity contribution < 1.29 is 0 Å². The summed E-state index contributed by atoms with van der Waals surface area (Å²) in [5, 5.41) is 4.28. The number of benzene rings is 1. The average Bonchev–Trinajstić information content (AvgIpc) is 2.28. The Hall–Kier alpha value is -0.310. The molecule has 1 N–H and O–H groups in total. The summed E-state index contributed by atoms with van der Waals surface area (Å²) in [7, 11) is 0. The summed E-state index contributed by atoms with van der Waals surface area (Å²) in [5.74, 6) is 0. The van der Waals surface area contributed by atoms with Crippen LogP contribution in [0.15, 0.2) is 35.3 Å². The fraction of sp³-hybridized carbons (Fsp3) is 0.385. The van der Waals surface area contributed by atoms with E-state index in [-0.39, 0.29) is 6.04 Å². The molecule has 0 bridgehead atoms. The molecule has 0 aliphatic heterocycles. The molecule has 16 heavy (non-hydrogen) atoms. The van der Waals surface area contributed by atoms with Gasteiger partial charge in [0.15, 0.2) is 0 Å².